The molecule has 5 rings (SSSR count). The first-order chi connectivity index (χ1) is 19.5. The number of para-hydroxylation sites is 1. The summed E-state index contributed by atoms with van der Waals surface area (Å²) in [6.45, 7) is 3.11. The fourth-order valence-electron chi connectivity index (χ4n) is 4.81. The number of hydrogen-bond acceptors (Lipinski definition) is 5. The van der Waals surface area contributed by atoms with Gasteiger partial charge in [0.2, 0.25) is 5.88 Å². The summed E-state index contributed by atoms with van der Waals surface area (Å²) < 4.78 is 47.4. The van der Waals surface area contributed by atoms with E-state index in [0.717, 1.165) is 25.0 Å². The molecule has 2 heterocycles. The molecule has 7 nitrogen and oxygen atoms in total. The van der Waals surface area contributed by atoms with Gasteiger partial charge in [0.1, 0.15) is 11.6 Å². The van der Waals surface area contributed by atoms with Crippen molar-refractivity contribution in [1.82, 2.24) is 14.7 Å². The van der Waals surface area contributed by atoms with Gasteiger partial charge in [0, 0.05) is 24.8 Å². The van der Waals surface area contributed by atoms with Crippen LogP contribution in [0, 0.1) is 11.6 Å². The Bertz CT molecular complexity index is 1470. The predicted octanol–water partition coefficient (Wildman–Crippen LogP) is 6.34. The van der Waals surface area contributed by atoms with Crippen LogP contribution in [0.5, 0.6) is 17.4 Å². The topological polar surface area (TPSA) is 65.8 Å². The summed E-state index contributed by atoms with van der Waals surface area (Å²) in [5.74, 6) is -1.07. The third-order valence-electron chi connectivity index (χ3n) is 6.86. The number of ether oxygens (including phenoxy) is 3. The van der Waals surface area contributed by atoms with Crippen LogP contribution >= 0.6 is 0 Å². The Hall–Kier alpha value is -4.24. The summed E-state index contributed by atoms with van der Waals surface area (Å²) in [6, 6.07) is 19.5. The Morgan fingerprint density at radius 1 is 1.10 bits per heavy atom. The molecule has 1 aliphatic rings. The molecule has 1 aromatic heterocycles. The van der Waals surface area contributed by atoms with Crippen molar-refractivity contribution in [3.05, 3.63) is 101 Å². The van der Waals surface area contributed by atoms with E-state index in [4.69, 9.17) is 19.3 Å². The van der Waals surface area contributed by atoms with Crippen molar-refractivity contribution >= 4 is 5.91 Å². The summed E-state index contributed by atoms with van der Waals surface area (Å²) in [7, 11) is 1.55. The van der Waals surface area contributed by atoms with Crippen LogP contribution < -0.4 is 9.47 Å². The van der Waals surface area contributed by atoms with Gasteiger partial charge in [0.25, 0.3) is 5.91 Å². The molecule has 0 radical (unpaired) electrons. The molecule has 1 atom stereocenters. The number of halogens is 2. The van der Waals surface area contributed by atoms with Crippen LogP contribution in [-0.4, -0.2) is 47.0 Å². The number of hydrogen-bond donors (Lipinski definition) is 0. The van der Waals surface area contributed by atoms with E-state index in [1.54, 1.807) is 41.0 Å². The average Bonchev–Trinajstić information content (AvgIpc) is 3.62. The molecule has 0 aliphatic carbocycles. The maximum atomic E-state index is 14.8. The maximum absolute atomic E-state index is 14.8. The molecule has 4 aromatic rings. The highest BCUT2D eigenvalue weighted by atomic mass is 19.1. The zero-order valence-corrected chi connectivity index (χ0v) is 22.5. The van der Waals surface area contributed by atoms with Crippen molar-refractivity contribution in [2.75, 3.05) is 20.3 Å². The lowest BCUT2D eigenvalue weighted by atomic mass is 10.1. The lowest BCUT2D eigenvalue weighted by Gasteiger charge is -2.26. The molecule has 40 heavy (non-hydrogen) atoms. The molecule has 1 saturated heterocycles. The number of rotatable bonds is 10. The number of carbonyl (C=O) groups is 1. The fourth-order valence-corrected chi connectivity index (χ4v) is 4.81. The molecule has 0 bridgehead atoms. The van der Waals surface area contributed by atoms with E-state index in [9.17, 15) is 13.6 Å². The number of aryl methyl sites for hydroxylation is 1. The number of carbonyl (C=O) groups excluding carboxylic acids is 1. The van der Waals surface area contributed by atoms with Gasteiger partial charge in [-0.05, 0) is 61.7 Å². The first kappa shape index (κ1) is 27.3. The monoisotopic (exact) mass is 547 g/mol. The first-order valence-electron chi connectivity index (χ1n) is 13.3. The van der Waals surface area contributed by atoms with E-state index in [2.05, 4.69) is 0 Å². The van der Waals surface area contributed by atoms with Gasteiger partial charge in [-0.15, -0.1) is 0 Å². The van der Waals surface area contributed by atoms with Crippen molar-refractivity contribution in [1.29, 1.82) is 0 Å². The SMILES string of the molecule is CCc1nn(-c2ccccc2)c(Oc2ccc(F)cc2F)c1CN(CC1CCCO1)C(=O)c1cccc(OC)c1. The number of benzene rings is 3. The van der Waals surface area contributed by atoms with Crippen LogP contribution in [0.3, 0.4) is 0 Å². The van der Waals surface area contributed by atoms with Crippen LogP contribution in [0.15, 0.2) is 72.8 Å². The van der Waals surface area contributed by atoms with Crippen molar-refractivity contribution in [3.8, 4) is 23.1 Å². The number of nitrogens with zero attached hydrogens (tertiary/aromatic N) is 3. The minimum Gasteiger partial charge on any atom is -0.497 e. The lowest BCUT2D eigenvalue weighted by molar-refractivity contribution is 0.0505. The van der Waals surface area contributed by atoms with Gasteiger partial charge in [-0.1, -0.05) is 31.2 Å². The largest absolute Gasteiger partial charge is 0.497 e. The molecule has 3 aromatic carbocycles. The van der Waals surface area contributed by atoms with Crippen LogP contribution in [0.1, 0.15) is 41.4 Å². The molecule has 1 fully saturated rings. The lowest BCUT2D eigenvalue weighted by Crippen LogP contribution is -2.37. The second-order valence-electron chi connectivity index (χ2n) is 9.56. The molecule has 208 valence electrons. The summed E-state index contributed by atoms with van der Waals surface area (Å²) in [5, 5.41) is 4.79. The van der Waals surface area contributed by atoms with E-state index < -0.39 is 11.6 Å². The van der Waals surface area contributed by atoms with Crippen molar-refractivity contribution < 1.29 is 27.8 Å². The normalized spacial score (nSPS) is 14.8. The van der Waals surface area contributed by atoms with E-state index in [1.807, 2.05) is 37.3 Å². The van der Waals surface area contributed by atoms with Gasteiger partial charge in [-0.2, -0.15) is 5.10 Å². The van der Waals surface area contributed by atoms with Gasteiger partial charge < -0.3 is 19.1 Å². The number of methoxy groups -OCH3 is 1. The predicted molar refractivity (Wildman–Crippen MR) is 146 cm³/mol. The zero-order chi connectivity index (χ0) is 28.1. The molecular formula is C31H31F2N3O4. The molecule has 9 heteroatoms. The highest BCUT2D eigenvalue weighted by Gasteiger charge is 2.29. The second kappa shape index (κ2) is 12.3. The van der Waals surface area contributed by atoms with Crippen LogP contribution in [0.2, 0.25) is 0 Å². The van der Waals surface area contributed by atoms with Crippen LogP contribution in [0.25, 0.3) is 5.69 Å². The van der Waals surface area contributed by atoms with E-state index in [-0.39, 0.29) is 30.2 Å². The third-order valence-corrected chi connectivity index (χ3v) is 6.86. The minimum absolute atomic E-state index is 0.109. The van der Waals surface area contributed by atoms with Crippen LogP contribution in [0.4, 0.5) is 8.78 Å². The van der Waals surface area contributed by atoms with Gasteiger partial charge in [0.15, 0.2) is 11.6 Å². The highest BCUT2D eigenvalue weighted by molar-refractivity contribution is 5.94. The van der Waals surface area contributed by atoms with Crippen molar-refractivity contribution in [2.45, 2.75) is 38.8 Å². The summed E-state index contributed by atoms with van der Waals surface area (Å²) in [4.78, 5) is 15.6. The Balaban J connectivity index is 1.59. The average molecular weight is 548 g/mol. The molecule has 0 spiro atoms. The van der Waals surface area contributed by atoms with Gasteiger partial charge in [-0.25, -0.2) is 13.5 Å². The fraction of sp³-hybridized carbons (Fsp3) is 0.290. The van der Waals surface area contributed by atoms with E-state index in [1.165, 1.54) is 6.07 Å². The smallest absolute Gasteiger partial charge is 0.254 e. The Morgan fingerprint density at radius 3 is 2.62 bits per heavy atom. The zero-order valence-electron chi connectivity index (χ0n) is 22.5. The molecular weight excluding hydrogens is 516 g/mol. The number of amides is 1. The summed E-state index contributed by atoms with van der Waals surface area (Å²) in [6.07, 6.45) is 2.20. The molecule has 1 unspecified atom stereocenters. The number of aromatic nitrogens is 2. The summed E-state index contributed by atoms with van der Waals surface area (Å²) >= 11 is 0. The molecule has 0 saturated carbocycles. The van der Waals surface area contributed by atoms with Crippen molar-refractivity contribution in [3.63, 3.8) is 0 Å². The van der Waals surface area contributed by atoms with Crippen molar-refractivity contribution in [2.24, 2.45) is 0 Å². The molecule has 0 N–H and O–H groups in total. The summed E-state index contributed by atoms with van der Waals surface area (Å²) in [5.41, 5.74) is 2.49. The first-order valence-corrected chi connectivity index (χ1v) is 13.3. The van der Waals surface area contributed by atoms with E-state index >= 15 is 0 Å². The quantitative estimate of drug-likeness (QED) is 0.232. The Labute approximate surface area is 231 Å². The minimum atomic E-state index is -0.839. The molecule has 1 aliphatic heterocycles. The van der Waals surface area contributed by atoms with Crippen LogP contribution in [-0.2, 0) is 17.7 Å². The van der Waals surface area contributed by atoms with Gasteiger partial charge >= 0.3 is 0 Å². The highest BCUT2D eigenvalue weighted by Crippen LogP contribution is 2.34. The second-order valence-corrected chi connectivity index (χ2v) is 9.56. The maximum Gasteiger partial charge on any atom is 0.254 e. The van der Waals surface area contributed by atoms with Gasteiger partial charge in [0.05, 0.1) is 36.7 Å². The van der Waals surface area contributed by atoms with Gasteiger partial charge in [-0.3, -0.25) is 4.79 Å². The molecule has 1 amide bonds. The van der Waals surface area contributed by atoms with E-state index in [0.29, 0.717) is 47.8 Å². The Morgan fingerprint density at radius 2 is 1.93 bits per heavy atom. The Kier molecular flexibility index (Phi) is 8.40. The standard InChI is InChI=1S/C31H31F2N3O4/c1-3-28-26(20-35(19-25-13-8-16-39-25)30(37)21-9-7-12-24(17-21)38-2)31(36(34-28)23-10-5-4-6-11-23)40-29-15-14-22(32)18-27(29)33/h4-7,9-12,14-15,17-18,25H,3,8,13,16,19-20H2,1-2H3. The third kappa shape index (κ3) is 5.99.